The van der Waals surface area contributed by atoms with Crippen molar-refractivity contribution < 1.29 is 4.79 Å². The number of rotatable bonds is 2. The van der Waals surface area contributed by atoms with E-state index in [2.05, 4.69) is 5.32 Å². The average molecular weight is 253 g/mol. The molecule has 0 bridgehead atoms. The Labute approximate surface area is 110 Å². The minimum Gasteiger partial charge on any atom is -0.331 e. The number of amides is 2. The molecule has 4 nitrogen and oxygen atoms in total. The molecule has 2 rings (SSSR count). The van der Waals surface area contributed by atoms with Crippen molar-refractivity contribution in [1.82, 2.24) is 10.2 Å². The maximum Gasteiger partial charge on any atom is 0.317 e. The van der Waals surface area contributed by atoms with Gasteiger partial charge in [0.1, 0.15) is 0 Å². The van der Waals surface area contributed by atoms with E-state index in [0.717, 1.165) is 38.8 Å². The van der Waals surface area contributed by atoms with E-state index in [4.69, 9.17) is 5.73 Å². The van der Waals surface area contributed by atoms with Crippen LogP contribution in [0.3, 0.4) is 0 Å². The number of hydrogen-bond donors (Lipinski definition) is 2. The lowest BCUT2D eigenvalue weighted by Crippen LogP contribution is -2.57. The van der Waals surface area contributed by atoms with E-state index in [-0.39, 0.29) is 11.6 Å². The van der Waals surface area contributed by atoms with Gasteiger partial charge in [0.25, 0.3) is 0 Å². The summed E-state index contributed by atoms with van der Waals surface area (Å²) in [4.78, 5) is 14.3. The van der Waals surface area contributed by atoms with Gasteiger partial charge in [-0.25, -0.2) is 4.79 Å². The topological polar surface area (TPSA) is 58.4 Å². The Hall–Kier alpha value is -0.770. The van der Waals surface area contributed by atoms with Crippen LogP contribution in [0.4, 0.5) is 4.79 Å². The molecule has 1 aliphatic heterocycles. The third-order valence-corrected chi connectivity index (χ3v) is 4.47. The van der Waals surface area contributed by atoms with Gasteiger partial charge >= 0.3 is 6.03 Å². The molecule has 2 fully saturated rings. The second-order valence-electron chi connectivity index (χ2n) is 5.88. The van der Waals surface area contributed by atoms with Gasteiger partial charge in [-0.3, -0.25) is 0 Å². The number of piperidine rings is 1. The van der Waals surface area contributed by atoms with Gasteiger partial charge in [0.15, 0.2) is 0 Å². The summed E-state index contributed by atoms with van der Waals surface area (Å²) in [6.07, 6.45) is 10.6. The number of hydrogen-bond acceptors (Lipinski definition) is 2. The first-order valence-corrected chi connectivity index (χ1v) is 7.53. The van der Waals surface area contributed by atoms with Crippen molar-refractivity contribution in [2.75, 3.05) is 19.6 Å². The highest BCUT2D eigenvalue weighted by Gasteiger charge is 2.32. The highest BCUT2D eigenvalue weighted by Crippen LogP contribution is 2.26. The first kappa shape index (κ1) is 13.7. The largest absolute Gasteiger partial charge is 0.331 e. The monoisotopic (exact) mass is 253 g/mol. The van der Waals surface area contributed by atoms with E-state index in [0.29, 0.717) is 6.54 Å². The first-order valence-electron chi connectivity index (χ1n) is 7.53. The van der Waals surface area contributed by atoms with E-state index >= 15 is 0 Å². The Balaban J connectivity index is 1.93. The van der Waals surface area contributed by atoms with Gasteiger partial charge < -0.3 is 16.0 Å². The first-order chi connectivity index (χ1) is 8.76. The van der Waals surface area contributed by atoms with Crippen LogP contribution in [0.1, 0.15) is 57.8 Å². The van der Waals surface area contributed by atoms with Crippen molar-refractivity contribution >= 4 is 6.03 Å². The second-order valence-corrected chi connectivity index (χ2v) is 5.88. The summed E-state index contributed by atoms with van der Waals surface area (Å²) < 4.78 is 0. The van der Waals surface area contributed by atoms with Crippen molar-refractivity contribution in [3.63, 3.8) is 0 Å². The fraction of sp³-hybridized carbons (Fsp3) is 0.929. The van der Waals surface area contributed by atoms with Crippen molar-refractivity contribution in [3.05, 3.63) is 0 Å². The molecule has 0 aromatic carbocycles. The van der Waals surface area contributed by atoms with Crippen molar-refractivity contribution in [2.45, 2.75) is 63.3 Å². The summed E-state index contributed by atoms with van der Waals surface area (Å²) in [5.74, 6) is 0. The molecule has 0 radical (unpaired) electrons. The van der Waals surface area contributed by atoms with Crippen LogP contribution in [0, 0.1) is 0 Å². The van der Waals surface area contributed by atoms with Gasteiger partial charge in [0, 0.05) is 19.6 Å². The lowest BCUT2D eigenvalue weighted by atomic mass is 9.90. The normalized spacial score (nSPS) is 24.4. The zero-order chi connectivity index (χ0) is 12.8. The van der Waals surface area contributed by atoms with Crippen molar-refractivity contribution in [3.8, 4) is 0 Å². The predicted octanol–water partition coefficient (Wildman–Crippen LogP) is 2.23. The van der Waals surface area contributed by atoms with Gasteiger partial charge in [-0.05, 0) is 32.1 Å². The molecule has 0 spiro atoms. The molecule has 0 aromatic heterocycles. The summed E-state index contributed by atoms with van der Waals surface area (Å²) in [5, 5.41) is 3.25. The summed E-state index contributed by atoms with van der Waals surface area (Å²) in [7, 11) is 0. The van der Waals surface area contributed by atoms with Gasteiger partial charge in [0.2, 0.25) is 0 Å². The summed E-state index contributed by atoms with van der Waals surface area (Å²) >= 11 is 0. The molecule has 1 aliphatic carbocycles. The van der Waals surface area contributed by atoms with E-state index in [1.54, 1.807) is 0 Å². The smallest absolute Gasteiger partial charge is 0.317 e. The molecule has 0 aromatic rings. The van der Waals surface area contributed by atoms with Crippen LogP contribution in [0.15, 0.2) is 0 Å². The Morgan fingerprint density at radius 2 is 1.56 bits per heavy atom. The van der Waals surface area contributed by atoms with Crippen LogP contribution >= 0.6 is 0 Å². The molecule has 2 amide bonds. The molecule has 18 heavy (non-hydrogen) atoms. The third-order valence-electron chi connectivity index (χ3n) is 4.47. The van der Waals surface area contributed by atoms with E-state index in [1.165, 1.54) is 32.1 Å². The van der Waals surface area contributed by atoms with Crippen LogP contribution in [0.5, 0.6) is 0 Å². The second kappa shape index (κ2) is 6.41. The fourth-order valence-corrected chi connectivity index (χ4v) is 3.19. The number of carbonyl (C=O) groups is 1. The highest BCUT2D eigenvalue weighted by atomic mass is 16.2. The lowest BCUT2D eigenvalue weighted by Gasteiger charge is -2.36. The molecule has 1 saturated heterocycles. The average Bonchev–Trinajstić information content (AvgIpc) is 2.66. The minimum absolute atomic E-state index is 0.113. The van der Waals surface area contributed by atoms with E-state index in [9.17, 15) is 4.79 Å². The maximum atomic E-state index is 12.3. The minimum atomic E-state index is -0.134. The van der Waals surface area contributed by atoms with Crippen LogP contribution in [0.25, 0.3) is 0 Å². The molecule has 1 saturated carbocycles. The van der Waals surface area contributed by atoms with Crippen molar-refractivity contribution in [2.24, 2.45) is 5.73 Å². The molecule has 1 heterocycles. The van der Waals surface area contributed by atoms with Gasteiger partial charge in [-0.15, -0.1) is 0 Å². The standard InChI is InChI=1S/C14H27N3O/c15-12-14(8-4-1-2-5-9-14)16-13(18)17-10-6-3-7-11-17/h1-12,15H2,(H,16,18). The maximum absolute atomic E-state index is 12.3. The molecular weight excluding hydrogens is 226 g/mol. The van der Waals surface area contributed by atoms with Gasteiger partial charge in [0.05, 0.1) is 5.54 Å². The third kappa shape index (κ3) is 3.37. The van der Waals surface area contributed by atoms with Crippen LogP contribution in [-0.2, 0) is 0 Å². The number of carbonyl (C=O) groups excluding carboxylic acids is 1. The molecule has 4 heteroatoms. The summed E-state index contributed by atoms with van der Waals surface area (Å²) in [6.45, 7) is 2.39. The fourth-order valence-electron chi connectivity index (χ4n) is 3.19. The number of nitrogens with two attached hydrogens (primary N) is 1. The van der Waals surface area contributed by atoms with E-state index < -0.39 is 0 Å². The van der Waals surface area contributed by atoms with Crippen LogP contribution in [-0.4, -0.2) is 36.1 Å². The summed E-state index contributed by atoms with van der Waals surface area (Å²) in [5.41, 5.74) is 5.82. The summed E-state index contributed by atoms with van der Waals surface area (Å²) in [6, 6.07) is 0.113. The molecule has 0 unspecified atom stereocenters. The molecule has 104 valence electrons. The van der Waals surface area contributed by atoms with Gasteiger partial charge in [-0.2, -0.15) is 0 Å². The van der Waals surface area contributed by atoms with Crippen molar-refractivity contribution in [1.29, 1.82) is 0 Å². The molecule has 3 N–H and O–H groups in total. The number of nitrogens with zero attached hydrogens (tertiary/aromatic N) is 1. The quantitative estimate of drug-likeness (QED) is 0.741. The number of urea groups is 1. The Morgan fingerprint density at radius 1 is 1.00 bits per heavy atom. The number of nitrogens with one attached hydrogen (secondary N) is 1. The number of likely N-dealkylation sites (tertiary alicyclic amines) is 1. The molecular formula is C14H27N3O. The predicted molar refractivity (Wildman–Crippen MR) is 73.4 cm³/mol. The zero-order valence-corrected chi connectivity index (χ0v) is 11.4. The Morgan fingerprint density at radius 3 is 2.11 bits per heavy atom. The lowest BCUT2D eigenvalue weighted by molar-refractivity contribution is 0.168. The zero-order valence-electron chi connectivity index (χ0n) is 11.4. The van der Waals surface area contributed by atoms with E-state index in [1.807, 2.05) is 4.90 Å². The van der Waals surface area contributed by atoms with Gasteiger partial charge in [-0.1, -0.05) is 25.7 Å². The Kier molecular flexibility index (Phi) is 4.87. The molecule has 2 aliphatic rings. The molecule has 0 atom stereocenters. The van der Waals surface area contributed by atoms with Crippen LogP contribution in [0.2, 0.25) is 0 Å². The highest BCUT2D eigenvalue weighted by molar-refractivity contribution is 5.75. The van der Waals surface area contributed by atoms with Crippen LogP contribution < -0.4 is 11.1 Å². The Bertz CT molecular complexity index is 266. The SMILES string of the molecule is NCC1(NC(=O)N2CCCCC2)CCCCCC1.